The van der Waals surface area contributed by atoms with Crippen LogP contribution in [0.25, 0.3) is 0 Å². The van der Waals surface area contributed by atoms with E-state index in [1.807, 2.05) is 25.1 Å². The molecule has 1 nitrogen and oxygen atoms in total. The Morgan fingerprint density at radius 1 is 1.46 bits per heavy atom. The summed E-state index contributed by atoms with van der Waals surface area (Å²) in [4.78, 5) is 11.5. The second-order valence-electron chi connectivity index (χ2n) is 2.71. The first-order valence-corrected chi connectivity index (χ1v) is 5.98. The smallest absolute Gasteiger partial charge is 0.162 e. The Kier molecular flexibility index (Phi) is 4.13. The summed E-state index contributed by atoms with van der Waals surface area (Å²) in [5, 5.41) is 0.716. The molecule has 0 amide bonds. The molecule has 0 radical (unpaired) electrons. The van der Waals surface area contributed by atoms with Crippen molar-refractivity contribution in [3.63, 3.8) is 0 Å². The third kappa shape index (κ3) is 2.64. The molecule has 0 spiro atoms. The molecule has 0 aliphatic rings. The van der Waals surface area contributed by atoms with E-state index in [9.17, 15) is 4.79 Å². The SMILES string of the molecule is CCC(=O)c1ccc(Br)cc1CBr. The molecule has 0 N–H and O–H groups in total. The highest BCUT2D eigenvalue weighted by Crippen LogP contribution is 2.20. The van der Waals surface area contributed by atoms with Gasteiger partial charge in [-0.1, -0.05) is 38.8 Å². The van der Waals surface area contributed by atoms with E-state index < -0.39 is 0 Å². The molecule has 0 aromatic heterocycles. The second kappa shape index (κ2) is 4.91. The number of hydrogen-bond donors (Lipinski definition) is 0. The third-order valence-electron chi connectivity index (χ3n) is 1.83. The highest BCUT2D eigenvalue weighted by atomic mass is 79.9. The molecule has 3 heteroatoms. The minimum absolute atomic E-state index is 0.196. The topological polar surface area (TPSA) is 17.1 Å². The standard InChI is InChI=1S/C10H10Br2O/c1-2-10(13)9-4-3-8(12)5-7(9)6-11/h3-5H,2,6H2,1H3. The van der Waals surface area contributed by atoms with E-state index in [0.717, 1.165) is 15.6 Å². The number of hydrogen-bond acceptors (Lipinski definition) is 1. The predicted molar refractivity (Wildman–Crippen MR) is 61.4 cm³/mol. The van der Waals surface area contributed by atoms with Gasteiger partial charge in [0.2, 0.25) is 0 Å². The molecule has 0 heterocycles. The van der Waals surface area contributed by atoms with Crippen LogP contribution in [0.2, 0.25) is 0 Å². The molecule has 1 rings (SSSR count). The number of ketones is 1. The monoisotopic (exact) mass is 304 g/mol. The molecular weight excluding hydrogens is 296 g/mol. The van der Waals surface area contributed by atoms with Gasteiger partial charge in [-0.25, -0.2) is 0 Å². The average Bonchev–Trinajstić information content (AvgIpc) is 2.16. The van der Waals surface area contributed by atoms with Gasteiger partial charge < -0.3 is 0 Å². The van der Waals surface area contributed by atoms with Crippen molar-refractivity contribution in [1.82, 2.24) is 0 Å². The molecule has 0 bridgehead atoms. The number of alkyl halides is 1. The highest BCUT2D eigenvalue weighted by Gasteiger charge is 2.08. The van der Waals surface area contributed by atoms with Crippen molar-refractivity contribution in [2.75, 3.05) is 0 Å². The van der Waals surface area contributed by atoms with E-state index in [4.69, 9.17) is 0 Å². The summed E-state index contributed by atoms with van der Waals surface area (Å²) in [5.41, 5.74) is 1.86. The Balaban J connectivity index is 3.13. The van der Waals surface area contributed by atoms with Crippen molar-refractivity contribution in [1.29, 1.82) is 0 Å². The van der Waals surface area contributed by atoms with E-state index in [0.29, 0.717) is 11.8 Å². The Morgan fingerprint density at radius 3 is 2.69 bits per heavy atom. The maximum atomic E-state index is 11.5. The molecule has 0 atom stereocenters. The first-order chi connectivity index (χ1) is 6.19. The summed E-state index contributed by atoms with van der Waals surface area (Å²) < 4.78 is 1.01. The number of rotatable bonds is 3. The summed E-state index contributed by atoms with van der Waals surface area (Å²) >= 11 is 6.74. The van der Waals surface area contributed by atoms with Crippen LogP contribution in [0.15, 0.2) is 22.7 Å². The van der Waals surface area contributed by atoms with Crippen molar-refractivity contribution < 1.29 is 4.79 Å². The van der Waals surface area contributed by atoms with Gasteiger partial charge in [-0.2, -0.15) is 0 Å². The van der Waals surface area contributed by atoms with Crippen LogP contribution in [-0.4, -0.2) is 5.78 Å². The third-order valence-corrected chi connectivity index (χ3v) is 2.93. The van der Waals surface area contributed by atoms with Crippen molar-refractivity contribution in [2.24, 2.45) is 0 Å². The van der Waals surface area contributed by atoms with Crippen LogP contribution >= 0.6 is 31.9 Å². The van der Waals surface area contributed by atoms with Gasteiger partial charge in [0.15, 0.2) is 5.78 Å². The van der Waals surface area contributed by atoms with E-state index in [1.165, 1.54) is 0 Å². The molecule has 1 aromatic carbocycles. The van der Waals surface area contributed by atoms with Gasteiger partial charge in [0.25, 0.3) is 0 Å². The lowest BCUT2D eigenvalue weighted by Gasteiger charge is -2.04. The zero-order chi connectivity index (χ0) is 9.84. The van der Waals surface area contributed by atoms with E-state index in [-0.39, 0.29) is 5.78 Å². The lowest BCUT2D eigenvalue weighted by Crippen LogP contribution is -2.00. The quantitative estimate of drug-likeness (QED) is 0.611. The summed E-state index contributed by atoms with van der Waals surface area (Å²) in [5.74, 6) is 0.196. The molecule has 0 aliphatic heterocycles. The molecule has 0 fully saturated rings. The van der Waals surface area contributed by atoms with Gasteiger partial charge in [0.1, 0.15) is 0 Å². The van der Waals surface area contributed by atoms with Crippen molar-refractivity contribution in [3.05, 3.63) is 33.8 Å². The van der Waals surface area contributed by atoms with E-state index in [2.05, 4.69) is 31.9 Å². The summed E-state index contributed by atoms with van der Waals surface area (Å²) in [6.45, 7) is 1.88. The molecule has 70 valence electrons. The van der Waals surface area contributed by atoms with Crippen molar-refractivity contribution >= 4 is 37.6 Å². The fraction of sp³-hybridized carbons (Fsp3) is 0.300. The van der Waals surface area contributed by atoms with Gasteiger partial charge in [-0.05, 0) is 23.8 Å². The van der Waals surface area contributed by atoms with Crippen molar-refractivity contribution in [3.8, 4) is 0 Å². The Hall–Kier alpha value is -0.150. The predicted octanol–water partition coefficient (Wildman–Crippen LogP) is 3.94. The summed E-state index contributed by atoms with van der Waals surface area (Å²) in [6, 6.07) is 5.74. The van der Waals surface area contributed by atoms with Gasteiger partial charge in [0, 0.05) is 21.8 Å². The highest BCUT2D eigenvalue weighted by molar-refractivity contribution is 9.10. The molecule has 0 saturated heterocycles. The number of carbonyl (C=O) groups is 1. The first kappa shape index (κ1) is 10.9. The Morgan fingerprint density at radius 2 is 2.15 bits per heavy atom. The summed E-state index contributed by atoms with van der Waals surface area (Å²) in [7, 11) is 0. The van der Waals surface area contributed by atoms with Crippen LogP contribution in [0.4, 0.5) is 0 Å². The Labute approximate surface area is 94.8 Å². The number of Topliss-reactive ketones (excluding diaryl/α,β-unsaturated/α-hetero) is 1. The number of carbonyl (C=O) groups excluding carboxylic acids is 1. The lowest BCUT2D eigenvalue weighted by molar-refractivity contribution is 0.0987. The lowest BCUT2D eigenvalue weighted by atomic mass is 10.0. The zero-order valence-electron chi connectivity index (χ0n) is 7.31. The largest absolute Gasteiger partial charge is 0.294 e. The van der Waals surface area contributed by atoms with Crippen molar-refractivity contribution in [2.45, 2.75) is 18.7 Å². The number of benzene rings is 1. The van der Waals surface area contributed by atoms with Gasteiger partial charge in [-0.15, -0.1) is 0 Å². The molecule has 0 aliphatic carbocycles. The van der Waals surface area contributed by atoms with Crippen LogP contribution in [0.3, 0.4) is 0 Å². The van der Waals surface area contributed by atoms with Crippen LogP contribution < -0.4 is 0 Å². The van der Waals surface area contributed by atoms with Crippen LogP contribution in [0, 0.1) is 0 Å². The minimum Gasteiger partial charge on any atom is -0.294 e. The van der Waals surface area contributed by atoms with Crippen LogP contribution in [-0.2, 0) is 5.33 Å². The van der Waals surface area contributed by atoms with E-state index >= 15 is 0 Å². The Bertz CT molecular complexity index is 321. The molecule has 13 heavy (non-hydrogen) atoms. The van der Waals surface area contributed by atoms with E-state index in [1.54, 1.807) is 0 Å². The molecule has 1 aromatic rings. The molecule has 0 saturated carbocycles. The second-order valence-corrected chi connectivity index (χ2v) is 4.19. The zero-order valence-corrected chi connectivity index (χ0v) is 10.5. The maximum absolute atomic E-state index is 11.5. The maximum Gasteiger partial charge on any atom is 0.162 e. The summed E-state index contributed by atoms with van der Waals surface area (Å²) in [6.07, 6.45) is 0.557. The number of halogens is 2. The van der Waals surface area contributed by atoms with Gasteiger partial charge >= 0.3 is 0 Å². The fourth-order valence-corrected chi connectivity index (χ4v) is 2.01. The van der Waals surface area contributed by atoms with Crippen LogP contribution in [0.1, 0.15) is 29.3 Å². The first-order valence-electron chi connectivity index (χ1n) is 4.06. The molecule has 0 unspecified atom stereocenters. The average molecular weight is 306 g/mol. The van der Waals surface area contributed by atoms with Gasteiger partial charge in [-0.3, -0.25) is 4.79 Å². The normalized spacial score (nSPS) is 10.1. The van der Waals surface area contributed by atoms with Gasteiger partial charge in [0.05, 0.1) is 0 Å². The fourth-order valence-electron chi connectivity index (χ4n) is 1.14. The molecular formula is C10H10Br2O. The van der Waals surface area contributed by atoms with Crippen LogP contribution in [0.5, 0.6) is 0 Å². The minimum atomic E-state index is 0.196.